The highest BCUT2D eigenvalue weighted by Gasteiger charge is 2.35. The maximum Gasteiger partial charge on any atom is 0.228 e. The van der Waals surface area contributed by atoms with Crippen LogP contribution in [-0.2, 0) is 14.4 Å². The molecule has 6 aromatic heterocycles. The Bertz CT molecular complexity index is 3600. The lowest BCUT2D eigenvalue weighted by Crippen LogP contribution is -2.25. The molecule has 1 unspecified atom stereocenters. The molecule has 0 spiro atoms. The van der Waals surface area contributed by atoms with Crippen molar-refractivity contribution in [1.82, 2.24) is 43.8 Å². The molecule has 3 amide bonds. The number of hydrogen-bond donors (Lipinski definition) is 3. The summed E-state index contributed by atoms with van der Waals surface area (Å²) in [7, 11) is 0. The van der Waals surface area contributed by atoms with E-state index in [1.807, 2.05) is 57.6 Å². The van der Waals surface area contributed by atoms with E-state index in [9.17, 15) is 27.6 Å². The first-order valence-corrected chi connectivity index (χ1v) is 28.4. The largest absolute Gasteiger partial charge is 0.490 e. The maximum absolute atomic E-state index is 14.1. The van der Waals surface area contributed by atoms with Crippen molar-refractivity contribution in [2.45, 2.75) is 115 Å². The molecule has 15 rings (SSSR count). The molecule has 6 aliphatic rings. The molecule has 3 aromatic carbocycles. The van der Waals surface area contributed by atoms with Crippen molar-refractivity contribution in [3.8, 4) is 17.2 Å². The highest BCUT2D eigenvalue weighted by atomic mass is 19.1. The number of amides is 3. The van der Waals surface area contributed by atoms with Crippen LogP contribution >= 0.6 is 0 Å². The number of fused-ring (bicyclic) bond motifs is 15. The molecule has 21 nitrogen and oxygen atoms in total. The predicted molar refractivity (Wildman–Crippen MR) is 306 cm³/mol. The van der Waals surface area contributed by atoms with Crippen LogP contribution in [0.2, 0.25) is 0 Å². The number of nitrogens with zero attached hydrogens (tertiary/aromatic N) is 12. The molecule has 84 heavy (non-hydrogen) atoms. The summed E-state index contributed by atoms with van der Waals surface area (Å²) >= 11 is 0. The fraction of sp³-hybridized carbons (Fsp3) is 0.350. The van der Waals surface area contributed by atoms with E-state index in [0.717, 1.165) is 92.3 Å². The van der Waals surface area contributed by atoms with E-state index in [2.05, 4.69) is 45.9 Å². The molecule has 12 heterocycles. The summed E-state index contributed by atoms with van der Waals surface area (Å²) < 4.78 is 65.4. The molecule has 6 atom stereocenters. The van der Waals surface area contributed by atoms with Gasteiger partial charge in [-0.3, -0.25) is 14.4 Å². The van der Waals surface area contributed by atoms with Crippen LogP contribution in [0.3, 0.4) is 0 Å². The van der Waals surface area contributed by atoms with Crippen LogP contribution in [0.25, 0.3) is 16.9 Å². The third-order valence-corrected chi connectivity index (χ3v) is 15.9. The fourth-order valence-electron chi connectivity index (χ4n) is 12.2. The Labute approximate surface area is 479 Å². The Hall–Kier alpha value is -9.48. The van der Waals surface area contributed by atoms with Gasteiger partial charge in [0, 0.05) is 54.9 Å². The van der Waals surface area contributed by atoms with Gasteiger partial charge in [0.15, 0.2) is 16.9 Å². The highest BCUT2D eigenvalue weighted by molar-refractivity contribution is 5.96. The van der Waals surface area contributed by atoms with Crippen molar-refractivity contribution in [1.29, 1.82) is 0 Å². The van der Waals surface area contributed by atoms with Gasteiger partial charge in [-0.05, 0) is 132 Å². The van der Waals surface area contributed by atoms with Gasteiger partial charge in [-0.2, -0.15) is 15.3 Å². The van der Waals surface area contributed by atoms with Gasteiger partial charge in [0.2, 0.25) is 17.7 Å². The van der Waals surface area contributed by atoms with Gasteiger partial charge in [0.25, 0.3) is 0 Å². The number of carbonyl (C=O) groups is 3. The fourth-order valence-corrected chi connectivity index (χ4v) is 12.2. The molecule has 0 aliphatic carbocycles. The van der Waals surface area contributed by atoms with Crippen LogP contribution in [0.4, 0.5) is 47.7 Å². The van der Waals surface area contributed by atoms with Gasteiger partial charge in [-0.1, -0.05) is 0 Å². The molecule has 3 saturated heterocycles. The van der Waals surface area contributed by atoms with E-state index in [1.165, 1.54) is 36.4 Å². The van der Waals surface area contributed by atoms with Gasteiger partial charge in [0.1, 0.15) is 87.5 Å². The maximum atomic E-state index is 14.1. The summed E-state index contributed by atoms with van der Waals surface area (Å²) in [5.41, 5.74) is 5.84. The molecule has 432 valence electrons. The average molecular weight is 1140 g/mol. The van der Waals surface area contributed by atoms with Crippen LogP contribution in [0.5, 0.6) is 17.2 Å². The Morgan fingerprint density at radius 2 is 0.738 bits per heavy atom. The normalized spacial score (nSPS) is 21.9. The number of ether oxygens (including phenoxy) is 3. The van der Waals surface area contributed by atoms with Gasteiger partial charge in [-0.15, -0.1) is 0 Å². The van der Waals surface area contributed by atoms with Crippen molar-refractivity contribution in [2.75, 3.05) is 50.3 Å². The summed E-state index contributed by atoms with van der Waals surface area (Å²) in [5.74, 6) is 2.71. The van der Waals surface area contributed by atoms with Gasteiger partial charge >= 0.3 is 0 Å². The van der Waals surface area contributed by atoms with E-state index in [-0.39, 0.29) is 90.9 Å². The van der Waals surface area contributed by atoms with Crippen molar-refractivity contribution < 1.29 is 41.8 Å². The number of carbonyl (C=O) groups excluding carboxylic acids is 3. The Kier molecular flexibility index (Phi) is 14.3. The van der Waals surface area contributed by atoms with Crippen molar-refractivity contribution in [3.63, 3.8) is 0 Å². The molecule has 3 N–H and O–H groups in total. The first-order chi connectivity index (χ1) is 40.7. The van der Waals surface area contributed by atoms with E-state index >= 15 is 0 Å². The summed E-state index contributed by atoms with van der Waals surface area (Å²) in [6.45, 7) is 7.96. The van der Waals surface area contributed by atoms with E-state index in [4.69, 9.17) is 29.2 Å². The third-order valence-electron chi connectivity index (χ3n) is 15.9. The Morgan fingerprint density at radius 1 is 0.440 bits per heavy atom. The second kappa shape index (κ2) is 22.4. The summed E-state index contributed by atoms with van der Waals surface area (Å²) in [6.07, 6.45) is 15.3. The topological polar surface area (TPSA) is 215 Å². The molecule has 3 fully saturated rings. The van der Waals surface area contributed by atoms with Crippen LogP contribution in [0, 0.1) is 17.5 Å². The van der Waals surface area contributed by atoms with E-state index in [1.54, 1.807) is 50.3 Å². The quantitative estimate of drug-likeness (QED) is 0.129. The SMILES string of the molecule is C[C@H]1CC(=O)Nc2cnn3ccc(nc23)N2CCCC2c2cc(F)ccc2O1.C[C@H]1CC(=O)Nc2cnn3ccc(nc23)N2CCC[C@@H]2c2cc(F)ccc2O1.C[C@H]1CC(=O)Nc2cnn3ccc(nc23)N2CCC[C@H]2c2cc(F)ccc2O1. The number of halogens is 3. The minimum atomic E-state index is -0.359. The van der Waals surface area contributed by atoms with Crippen molar-refractivity contribution in [3.05, 3.63) is 144 Å². The lowest BCUT2D eigenvalue weighted by molar-refractivity contribution is -0.118. The van der Waals surface area contributed by atoms with Crippen LogP contribution < -0.4 is 44.9 Å². The van der Waals surface area contributed by atoms with Crippen LogP contribution in [0.15, 0.2) is 110 Å². The zero-order valence-electron chi connectivity index (χ0n) is 46.3. The number of nitrogens with one attached hydrogen (secondary N) is 3. The van der Waals surface area contributed by atoms with Gasteiger partial charge in [-0.25, -0.2) is 41.7 Å². The average Bonchev–Trinajstić information content (AvgIpc) is 3.05. The first kappa shape index (κ1) is 53.8. The summed E-state index contributed by atoms with van der Waals surface area (Å²) in [5, 5.41) is 21.4. The first-order valence-electron chi connectivity index (χ1n) is 28.4. The number of anilines is 6. The molecule has 24 heteroatoms. The summed E-state index contributed by atoms with van der Waals surface area (Å²) in [6, 6.07) is 19.3. The zero-order valence-corrected chi connectivity index (χ0v) is 46.3. The zero-order chi connectivity index (χ0) is 57.8. The molecule has 0 radical (unpaired) electrons. The second-order valence-electron chi connectivity index (χ2n) is 22.0. The number of benzene rings is 3. The minimum Gasteiger partial charge on any atom is -0.490 e. The van der Waals surface area contributed by atoms with Crippen LogP contribution in [0.1, 0.15) is 113 Å². The van der Waals surface area contributed by atoms with E-state index < -0.39 is 0 Å². The monoisotopic (exact) mass is 1140 g/mol. The molecule has 0 saturated carbocycles. The Morgan fingerprint density at radius 3 is 1.04 bits per heavy atom. The smallest absolute Gasteiger partial charge is 0.228 e. The molecule has 6 bridgehead atoms. The van der Waals surface area contributed by atoms with Crippen molar-refractivity contribution >= 4 is 69.2 Å². The second-order valence-corrected chi connectivity index (χ2v) is 22.0. The summed E-state index contributed by atoms with van der Waals surface area (Å²) in [4.78, 5) is 58.1. The number of aromatic nitrogens is 9. The van der Waals surface area contributed by atoms with Crippen molar-refractivity contribution in [2.24, 2.45) is 0 Å². The Balaban J connectivity index is 0.000000118. The van der Waals surface area contributed by atoms with Gasteiger partial charge < -0.3 is 44.9 Å². The lowest BCUT2D eigenvalue weighted by atomic mass is 10.0. The molecule has 6 aliphatic heterocycles. The number of hydrogen-bond acceptors (Lipinski definition) is 15. The highest BCUT2D eigenvalue weighted by Crippen LogP contribution is 2.44. The number of rotatable bonds is 0. The van der Waals surface area contributed by atoms with Crippen LogP contribution in [-0.4, -0.2) is 99.5 Å². The third kappa shape index (κ3) is 10.8. The molecular weight excluding hydrogens is 1080 g/mol. The predicted octanol–water partition coefficient (Wildman–Crippen LogP) is 9.96. The van der Waals surface area contributed by atoms with E-state index in [0.29, 0.717) is 51.3 Å². The molecule has 9 aromatic rings. The van der Waals surface area contributed by atoms with Gasteiger partial charge in [0.05, 0.1) is 56.0 Å². The molecular formula is C60H60F3N15O6. The standard InChI is InChI=1S/3C20H20FN5O2/c3*1-12-9-19(27)23-15-11-22-26-8-6-18(24-20(15)26)25-7-2-3-16(25)14-10-13(21)4-5-17(14)28-12/h3*4-6,8,10-12,16H,2-3,7,9H2,1H3,(H,23,27)/t12-,16?;12-,16+;12-,16-/m000/s1. The minimum absolute atomic E-state index is 0.0383. The lowest BCUT2D eigenvalue weighted by Gasteiger charge is -2.28.